The van der Waals surface area contributed by atoms with Crippen molar-refractivity contribution in [3.05, 3.63) is 35.2 Å². The molecule has 0 radical (unpaired) electrons. The Balaban J connectivity index is 1.54. The Hall–Kier alpha value is -1.92. The lowest BCUT2D eigenvalue weighted by molar-refractivity contribution is -0.157. The third kappa shape index (κ3) is 2.41. The lowest BCUT2D eigenvalue weighted by Crippen LogP contribution is -2.45. The van der Waals surface area contributed by atoms with E-state index < -0.39 is 11.4 Å². The lowest BCUT2D eigenvalue weighted by atomic mass is 9.74. The molecule has 2 aromatic rings. The summed E-state index contributed by atoms with van der Waals surface area (Å²) < 4.78 is 6.62. The van der Waals surface area contributed by atoms with Crippen molar-refractivity contribution in [3.8, 4) is 0 Å². The third-order valence-electron chi connectivity index (χ3n) is 5.39. The molecule has 5 nitrogen and oxygen atoms in total. The molecule has 1 aromatic carbocycles. The van der Waals surface area contributed by atoms with Gasteiger partial charge in [-0.25, -0.2) is 0 Å². The molecule has 6 heteroatoms. The van der Waals surface area contributed by atoms with Crippen molar-refractivity contribution in [2.75, 3.05) is 26.3 Å². The van der Waals surface area contributed by atoms with Gasteiger partial charge in [-0.05, 0) is 28.8 Å². The number of thiophene rings is 1. The Labute approximate surface area is 143 Å². The number of carboxylic acid groups (broad SMARTS) is 1. The zero-order valence-electron chi connectivity index (χ0n) is 13.2. The fraction of sp³-hybridized carbons (Fsp3) is 0.444. The molecule has 24 heavy (non-hydrogen) atoms. The van der Waals surface area contributed by atoms with Gasteiger partial charge in [0.05, 0.1) is 18.4 Å². The number of carbonyl (C=O) groups excluding carboxylic acids is 1. The SMILES string of the molecule is O=C(Cc1csc2ccccc12)N1C[C@H]2COCC[C@@]2(C(=O)O)C1. The van der Waals surface area contributed by atoms with Crippen molar-refractivity contribution in [3.63, 3.8) is 0 Å². The number of carboxylic acids is 1. The zero-order valence-corrected chi connectivity index (χ0v) is 14.1. The molecule has 2 aliphatic heterocycles. The van der Waals surface area contributed by atoms with Crippen LogP contribution in [0.3, 0.4) is 0 Å². The Kier molecular flexibility index (Phi) is 3.81. The van der Waals surface area contributed by atoms with E-state index in [0.717, 1.165) is 10.9 Å². The normalized spacial score (nSPS) is 26.5. The molecule has 126 valence electrons. The Morgan fingerprint density at radius 1 is 1.38 bits per heavy atom. The van der Waals surface area contributed by atoms with Crippen LogP contribution < -0.4 is 0 Å². The van der Waals surface area contributed by atoms with E-state index in [2.05, 4.69) is 6.07 Å². The van der Waals surface area contributed by atoms with Crippen LogP contribution in [-0.2, 0) is 20.7 Å². The van der Waals surface area contributed by atoms with Gasteiger partial charge in [0.15, 0.2) is 0 Å². The molecule has 0 unspecified atom stereocenters. The number of nitrogens with zero attached hydrogens (tertiary/aromatic N) is 1. The van der Waals surface area contributed by atoms with Crippen LogP contribution >= 0.6 is 11.3 Å². The standard InChI is InChI=1S/C18H19NO4S/c20-16(7-12-10-24-15-4-2-1-3-14(12)15)19-8-13-9-23-6-5-18(13,11-19)17(21)22/h1-4,10,13H,5-9,11H2,(H,21,22)/t13-,18+/m0/s1. The van der Waals surface area contributed by atoms with Crippen LogP contribution in [0, 0.1) is 11.3 Å². The smallest absolute Gasteiger partial charge is 0.311 e. The number of hydrogen-bond acceptors (Lipinski definition) is 4. The van der Waals surface area contributed by atoms with Gasteiger partial charge in [0.1, 0.15) is 0 Å². The van der Waals surface area contributed by atoms with Crippen LogP contribution in [0.5, 0.6) is 0 Å². The van der Waals surface area contributed by atoms with Crippen molar-refractivity contribution in [1.82, 2.24) is 4.90 Å². The summed E-state index contributed by atoms with van der Waals surface area (Å²) in [6.07, 6.45) is 0.811. The van der Waals surface area contributed by atoms with Crippen LogP contribution in [-0.4, -0.2) is 48.2 Å². The van der Waals surface area contributed by atoms with Crippen molar-refractivity contribution in [2.24, 2.45) is 11.3 Å². The molecule has 2 fully saturated rings. The number of amides is 1. The van der Waals surface area contributed by atoms with E-state index in [4.69, 9.17) is 4.74 Å². The molecule has 2 saturated heterocycles. The summed E-state index contributed by atoms with van der Waals surface area (Å²) in [4.78, 5) is 26.3. The first kappa shape index (κ1) is 15.6. The fourth-order valence-corrected chi connectivity index (χ4v) is 4.90. The van der Waals surface area contributed by atoms with Gasteiger partial charge in [-0.15, -0.1) is 11.3 Å². The summed E-state index contributed by atoms with van der Waals surface area (Å²) in [5.41, 5.74) is 0.195. The number of benzene rings is 1. The number of likely N-dealkylation sites (tertiary alicyclic amines) is 1. The second kappa shape index (κ2) is 5.86. The molecule has 0 aliphatic carbocycles. The molecule has 1 aromatic heterocycles. The van der Waals surface area contributed by atoms with Crippen LogP contribution in [0.15, 0.2) is 29.6 Å². The van der Waals surface area contributed by atoms with Gasteiger partial charge >= 0.3 is 5.97 Å². The van der Waals surface area contributed by atoms with E-state index in [-0.39, 0.29) is 11.8 Å². The van der Waals surface area contributed by atoms with Crippen molar-refractivity contribution in [2.45, 2.75) is 12.8 Å². The first-order valence-corrected chi connectivity index (χ1v) is 9.02. The fourth-order valence-electron chi connectivity index (χ4n) is 3.93. The Morgan fingerprint density at radius 3 is 3.00 bits per heavy atom. The molecular formula is C18H19NO4S. The van der Waals surface area contributed by atoms with Crippen LogP contribution in [0.25, 0.3) is 10.1 Å². The second-order valence-electron chi connectivity index (χ2n) is 6.69. The highest BCUT2D eigenvalue weighted by molar-refractivity contribution is 7.17. The zero-order chi connectivity index (χ0) is 16.7. The average Bonchev–Trinajstić information content (AvgIpc) is 3.17. The predicted octanol–water partition coefficient (Wildman–Crippen LogP) is 2.39. The molecule has 2 aliphatic rings. The number of carbonyl (C=O) groups is 2. The highest BCUT2D eigenvalue weighted by Crippen LogP contribution is 2.42. The third-order valence-corrected chi connectivity index (χ3v) is 6.40. The summed E-state index contributed by atoms with van der Waals surface area (Å²) in [5.74, 6) is -0.896. The van der Waals surface area contributed by atoms with E-state index in [0.29, 0.717) is 39.1 Å². The second-order valence-corrected chi connectivity index (χ2v) is 7.60. The minimum absolute atomic E-state index is 0.00794. The molecule has 0 spiro atoms. The van der Waals surface area contributed by atoms with Crippen LogP contribution in [0.4, 0.5) is 0 Å². The predicted molar refractivity (Wildman–Crippen MR) is 91.1 cm³/mol. The summed E-state index contributed by atoms with van der Waals surface area (Å²) in [6.45, 7) is 1.67. The highest BCUT2D eigenvalue weighted by Gasteiger charge is 2.54. The molecule has 1 N–H and O–H groups in total. The van der Waals surface area contributed by atoms with Gasteiger partial charge in [-0.3, -0.25) is 9.59 Å². The first-order valence-electron chi connectivity index (χ1n) is 8.14. The topological polar surface area (TPSA) is 66.8 Å². The minimum atomic E-state index is -0.829. The van der Waals surface area contributed by atoms with Crippen molar-refractivity contribution < 1.29 is 19.4 Å². The molecule has 2 atom stereocenters. The maximum Gasteiger partial charge on any atom is 0.311 e. The summed E-state index contributed by atoms with van der Waals surface area (Å²) >= 11 is 1.64. The van der Waals surface area contributed by atoms with Gasteiger partial charge in [-0.1, -0.05) is 18.2 Å². The quantitative estimate of drug-likeness (QED) is 0.928. The van der Waals surface area contributed by atoms with E-state index in [1.165, 1.54) is 4.70 Å². The van der Waals surface area contributed by atoms with E-state index in [1.807, 2.05) is 23.6 Å². The van der Waals surface area contributed by atoms with Crippen LogP contribution in [0.1, 0.15) is 12.0 Å². The molecule has 0 saturated carbocycles. The minimum Gasteiger partial charge on any atom is -0.481 e. The monoisotopic (exact) mass is 345 g/mol. The van der Waals surface area contributed by atoms with Gasteiger partial charge in [0.2, 0.25) is 5.91 Å². The number of ether oxygens (including phenoxy) is 1. The summed E-state index contributed by atoms with van der Waals surface area (Å²) in [5, 5.41) is 12.8. The Morgan fingerprint density at radius 2 is 2.21 bits per heavy atom. The maximum absolute atomic E-state index is 12.8. The largest absolute Gasteiger partial charge is 0.481 e. The average molecular weight is 345 g/mol. The van der Waals surface area contributed by atoms with Gasteiger partial charge < -0.3 is 14.7 Å². The Bertz CT molecular complexity index is 801. The van der Waals surface area contributed by atoms with Crippen LogP contribution in [0.2, 0.25) is 0 Å². The number of aliphatic carboxylic acids is 1. The van der Waals surface area contributed by atoms with Gasteiger partial charge in [0, 0.05) is 30.3 Å². The maximum atomic E-state index is 12.8. The number of fused-ring (bicyclic) bond motifs is 2. The molecule has 4 rings (SSSR count). The summed E-state index contributed by atoms with van der Waals surface area (Å²) in [6, 6.07) is 8.05. The molecule has 3 heterocycles. The van der Waals surface area contributed by atoms with E-state index in [1.54, 1.807) is 16.2 Å². The van der Waals surface area contributed by atoms with Gasteiger partial charge in [0.25, 0.3) is 0 Å². The van der Waals surface area contributed by atoms with Gasteiger partial charge in [-0.2, -0.15) is 0 Å². The first-order chi connectivity index (χ1) is 11.6. The van der Waals surface area contributed by atoms with Crippen molar-refractivity contribution in [1.29, 1.82) is 0 Å². The molecular weight excluding hydrogens is 326 g/mol. The van der Waals surface area contributed by atoms with E-state index >= 15 is 0 Å². The molecule has 1 amide bonds. The summed E-state index contributed by atoms with van der Waals surface area (Å²) in [7, 11) is 0. The number of rotatable bonds is 3. The molecule has 0 bridgehead atoms. The highest BCUT2D eigenvalue weighted by atomic mass is 32.1. The number of hydrogen-bond donors (Lipinski definition) is 1. The van der Waals surface area contributed by atoms with E-state index in [9.17, 15) is 14.7 Å². The van der Waals surface area contributed by atoms with Crippen molar-refractivity contribution >= 4 is 33.3 Å². The lowest BCUT2D eigenvalue weighted by Gasteiger charge is -2.33.